The Bertz CT molecular complexity index is 1740. The number of aromatic nitrogens is 3. The molecule has 15 nitrogen and oxygen atoms in total. The highest BCUT2D eigenvalue weighted by Crippen LogP contribution is 2.71. The fourth-order valence-electron chi connectivity index (χ4n) is 6.11. The Morgan fingerprint density at radius 3 is 2.42 bits per heavy atom. The van der Waals surface area contributed by atoms with E-state index in [9.17, 15) is 18.9 Å². The molecule has 0 amide bonds. The number of nitrogen functional groups attached to an aromatic ring is 1. The highest BCUT2D eigenvalue weighted by molar-refractivity contribution is 7.52. The molecule has 50 heavy (non-hydrogen) atoms. The second-order valence-electron chi connectivity index (χ2n) is 12.2. The van der Waals surface area contributed by atoms with Gasteiger partial charge in [-0.2, -0.15) is 10.2 Å². The summed E-state index contributed by atoms with van der Waals surface area (Å²) in [4.78, 5) is 43.0. The van der Waals surface area contributed by atoms with Crippen LogP contribution in [0.2, 0.25) is 0 Å². The molecule has 272 valence electrons. The number of halogens is 1. The van der Waals surface area contributed by atoms with Crippen molar-refractivity contribution >= 4 is 37.0 Å². The van der Waals surface area contributed by atoms with Crippen molar-refractivity contribution < 1.29 is 51.3 Å². The molecule has 1 saturated heterocycles. The predicted molar refractivity (Wildman–Crippen MR) is 176 cm³/mol. The Kier molecular flexibility index (Phi) is 11.2. The Morgan fingerprint density at radius 1 is 1.08 bits per heavy atom. The molecule has 3 N–H and O–H groups in total. The number of rotatable bonds is 17. The topological polar surface area (TPSA) is 192 Å². The number of ether oxygens (including phenoxy) is 4. The van der Waals surface area contributed by atoms with Crippen LogP contribution in [0.1, 0.15) is 72.1 Å². The first-order valence-corrected chi connectivity index (χ1v) is 18.2. The summed E-state index contributed by atoms with van der Waals surface area (Å²) >= 11 is 0. The summed E-state index contributed by atoms with van der Waals surface area (Å²) < 4.78 is 67.2. The maximum Gasteiger partial charge on any atom is 0.459 e. The van der Waals surface area contributed by atoms with Crippen LogP contribution in [0, 0.1) is 5.92 Å². The largest absolute Gasteiger partial charge is 0.464 e. The van der Waals surface area contributed by atoms with Gasteiger partial charge >= 0.3 is 25.7 Å². The Morgan fingerprint density at radius 2 is 1.78 bits per heavy atom. The predicted octanol–water partition coefficient (Wildman–Crippen LogP) is 4.65. The molecule has 2 unspecified atom stereocenters. The van der Waals surface area contributed by atoms with Gasteiger partial charge in [-0.15, -0.1) is 0 Å². The number of carbonyl (C=O) groups is 3. The second kappa shape index (κ2) is 15.0. The SMILES string of the molecule is CCC(=O)O[C@H]1[C@H](c2ccc3c(N)ncnn23)O[C@]2(CF)C(OP(=O)(N[C@@H](C)C(=O)OCC(CC)CC)Oc3ccccc3)[C@]12OC(=O)CC. The van der Waals surface area contributed by atoms with Gasteiger partial charge in [0.1, 0.15) is 36.4 Å². The molecule has 0 radical (unpaired) electrons. The van der Waals surface area contributed by atoms with Crippen molar-refractivity contribution in [1.82, 2.24) is 19.7 Å². The van der Waals surface area contributed by atoms with Gasteiger partial charge in [-0.25, -0.2) is 18.5 Å². The summed E-state index contributed by atoms with van der Waals surface area (Å²) in [5.41, 5.74) is 2.42. The third-order valence-corrected chi connectivity index (χ3v) is 10.7. The average Bonchev–Trinajstić information content (AvgIpc) is 3.35. The first-order valence-electron chi connectivity index (χ1n) is 16.6. The maximum absolute atomic E-state index is 15.6. The van der Waals surface area contributed by atoms with Crippen LogP contribution in [-0.4, -0.2) is 75.2 Å². The molecule has 1 aliphatic carbocycles. The molecule has 3 heterocycles. The maximum atomic E-state index is 15.6. The third kappa shape index (κ3) is 6.81. The average molecular weight is 720 g/mol. The monoisotopic (exact) mass is 719 g/mol. The number of alkyl halides is 1. The van der Waals surface area contributed by atoms with E-state index in [4.69, 9.17) is 33.7 Å². The number of para-hydroxylation sites is 1. The van der Waals surface area contributed by atoms with Crippen molar-refractivity contribution in [3.8, 4) is 5.75 Å². The molecular formula is C33H43FN5O10P. The number of esters is 3. The summed E-state index contributed by atoms with van der Waals surface area (Å²) in [6, 6.07) is 9.92. The summed E-state index contributed by atoms with van der Waals surface area (Å²) in [5.74, 6) is -1.89. The molecule has 1 aliphatic heterocycles. The van der Waals surface area contributed by atoms with Crippen molar-refractivity contribution in [2.75, 3.05) is 19.0 Å². The molecule has 5 rings (SSSR count). The standard InChI is InChI=1S/C33H43FN5O10P/c1-6-21(7-2)17-44-30(42)20(5)38-50(43,48-22-13-11-10-12-14-22)49-31-32(18-34)33(31,46-26(41)9-4)28(45-25(40)8-3)27(47-32)23-15-16-24-29(35)36-19-37-39(23)24/h10-16,19-21,27-28,31H,6-9,17-18H2,1-5H3,(H,38,43)(H2,35,36,37)/t20-,27-,28-,31?,32+,33+,50?/m0/s1. The van der Waals surface area contributed by atoms with Gasteiger partial charge in [-0.1, -0.05) is 58.7 Å². The number of nitrogens with zero attached hydrogens (tertiary/aromatic N) is 3. The van der Waals surface area contributed by atoms with Crippen LogP contribution in [0.15, 0.2) is 48.8 Å². The van der Waals surface area contributed by atoms with E-state index in [0.717, 1.165) is 12.8 Å². The minimum Gasteiger partial charge on any atom is -0.464 e. The highest BCUT2D eigenvalue weighted by atomic mass is 31.2. The number of hydrogen-bond donors (Lipinski definition) is 2. The molecule has 1 aromatic carbocycles. The van der Waals surface area contributed by atoms with E-state index in [1.54, 1.807) is 37.3 Å². The number of hydrogen-bond acceptors (Lipinski definition) is 13. The van der Waals surface area contributed by atoms with E-state index in [0.29, 0.717) is 5.52 Å². The molecule has 7 atom stereocenters. The van der Waals surface area contributed by atoms with Gasteiger partial charge < -0.3 is 29.2 Å². The van der Waals surface area contributed by atoms with Crippen LogP contribution < -0.4 is 15.3 Å². The third-order valence-electron chi connectivity index (χ3n) is 9.08. The van der Waals surface area contributed by atoms with Crippen molar-refractivity contribution in [3.63, 3.8) is 0 Å². The van der Waals surface area contributed by atoms with Crippen LogP contribution in [-0.2, 0) is 42.4 Å². The van der Waals surface area contributed by atoms with Crippen molar-refractivity contribution in [3.05, 3.63) is 54.5 Å². The summed E-state index contributed by atoms with van der Waals surface area (Å²) in [6.45, 7) is 7.27. The molecular weight excluding hydrogens is 676 g/mol. The van der Waals surface area contributed by atoms with E-state index in [1.807, 2.05) is 13.8 Å². The van der Waals surface area contributed by atoms with Gasteiger partial charge in [0.2, 0.25) is 5.60 Å². The van der Waals surface area contributed by atoms with Crippen LogP contribution in [0.25, 0.3) is 5.52 Å². The zero-order valence-electron chi connectivity index (χ0n) is 28.6. The number of anilines is 1. The van der Waals surface area contributed by atoms with Gasteiger partial charge in [-0.05, 0) is 37.1 Å². The van der Waals surface area contributed by atoms with Gasteiger partial charge in [0.25, 0.3) is 0 Å². The zero-order chi connectivity index (χ0) is 36.3. The molecule has 2 fully saturated rings. The lowest BCUT2D eigenvalue weighted by atomic mass is 10.0. The van der Waals surface area contributed by atoms with E-state index in [-0.39, 0.29) is 42.6 Å². The number of fused-ring (bicyclic) bond motifs is 2. The van der Waals surface area contributed by atoms with Gasteiger partial charge in [-0.3, -0.25) is 18.9 Å². The summed E-state index contributed by atoms with van der Waals surface area (Å²) in [7, 11) is -4.68. The van der Waals surface area contributed by atoms with Gasteiger partial charge in [0.05, 0.1) is 12.3 Å². The zero-order valence-corrected chi connectivity index (χ0v) is 29.5. The number of benzene rings is 1. The quantitative estimate of drug-likeness (QED) is 0.111. The minimum absolute atomic E-state index is 0.0883. The van der Waals surface area contributed by atoms with Crippen LogP contribution >= 0.6 is 7.75 Å². The Balaban J connectivity index is 1.55. The first-order chi connectivity index (χ1) is 23.9. The fourth-order valence-corrected chi connectivity index (χ4v) is 7.85. The smallest absolute Gasteiger partial charge is 0.459 e. The van der Waals surface area contributed by atoms with Crippen molar-refractivity contribution in [1.29, 1.82) is 0 Å². The van der Waals surface area contributed by atoms with Crippen molar-refractivity contribution in [2.45, 2.75) is 95.9 Å². The van der Waals surface area contributed by atoms with Gasteiger partial charge in [0.15, 0.2) is 23.6 Å². The van der Waals surface area contributed by atoms with Crippen LogP contribution in [0.5, 0.6) is 5.75 Å². The number of carbonyl (C=O) groups excluding carboxylic acids is 3. The lowest BCUT2D eigenvalue weighted by molar-refractivity contribution is -0.177. The highest BCUT2D eigenvalue weighted by Gasteiger charge is 2.94. The molecule has 1 saturated carbocycles. The van der Waals surface area contributed by atoms with Crippen LogP contribution in [0.4, 0.5) is 10.2 Å². The molecule has 3 aromatic rings. The van der Waals surface area contributed by atoms with Crippen molar-refractivity contribution in [2.24, 2.45) is 5.92 Å². The molecule has 17 heteroatoms. The fraction of sp³-hybridized carbons (Fsp3) is 0.545. The Hall–Kier alpha value is -4.11. The molecule has 0 spiro atoms. The van der Waals surface area contributed by atoms with E-state index >= 15 is 4.39 Å². The lowest BCUT2D eigenvalue weighted by Crippen LogP contribution is -2.44. The van der Waals surface area contributed by atoms with Crippen LogP contribution in [0.3, 0.4) is 0 Å². The van der Waals surface area contributed by atoms with Gasteiger partial charge in [0, 0.05) is 12.8 Å². The molecule has 0 bridgehead atoms. The lowest BCUT2D eigenvalue weighted by Gasteiger charge is -2.30. The van der Waals surface area contributed by atoms with E-state index < -0.39 is 67.9 Å². The Labute approximate surface area is 288 Å². The number of nitrogens with two attached hydrogens (primary N) is 1. The summed E-state index contributed by atoms with van der Waals surface area (Å²) in [6.07, 6.45) is -1.88. The van der Waals surface area contributed by atoms with E-state index in [1.165, 1.54) is 36.8 Å². The number of nitrogens with one attached hydrogen (secondary N) is 1. The first kappa shape index (κ1) is 37.2. The summed E-state index contributed by atoms with van der Waals surface area (Å²) in [5, 5.41) is 6.83. The molecule has 2 aromatic heterocycles. The van der Waals surface area contributed by atoms with E-state index in [2.05, 4.69) is 15.2 Å². The normalized spacial score (nSPS) is 25.8. The minimum atomic E-state index is -4.68. The molecule has 2 aliphatic rings. The second-order valence-corrected chi connectivity index (χ2v) is 13.8.